The van der Waals surface area contributed by atoms with Crippen LogP contribution in [0.2, 0.25) is 0 Å². The molecule has 2 atom stereocenters. The molecule has 2 rings (SSSR count). The maximum Gasteiger partial charge on any atom is 0.226 e. The highest BCUT2D eigenvalue weighted by Gasteiger charge is 2.30. The molecule has 112 valence electrons. The summed E-state index contributed by atoms with van der Waals surface area (Å²) in [5.41, 5.74) is 1.96. The zero-order valence-corrected chi connectivity index (χ0v) is 12.3. The van der Waals surface area contributed by atoms with Crippen LogP contribution in [-0.4, -0.2) is 30.3 Å². The quantitative estimate of drug-likeness (QED) is 0.824. The Morgan fingerprint density at radius 3 is 2.81 bits per heavy atom. The van der Waals surface area contributed by atoms with Crippen molar-refractivity contribution in [2.75, 3.05) is 13.2 Å². The first-order chi connectivity index (χ1) is 10.2. The van der Waals surface area contributed by atoms with E-state index < -0.39 is 0 Å². The van der Waals surface area contributed by atoms with E-state index >= 15 is 0 Å². The Bertz CT molecular complexity index is 527. The van der Waals surface area contributed by atoms with Crippen molar-refractivity contribution in [2.45, 2.75) is 32.4 Å². The monoisotopic (exact) mass is 287 g/mol. The fraction of sp³-hybridized carbons (Fsp3) is 0.471. The zero-order valence-electron chi connectivity index (χ0n) is 12.3. The Balaban J connectivity index is 1.83. The van der Waals surface area contributed by atoms with E-state index in [4.69, 9.17) is 9.84 Å². The van der Waals surface area contributed by atoms with Crippen molar-refractivity contribution >= 4 is 5.91 Å². The molecule has 4 nitrogen and oxygen atoms in total. The maximum atomic E-state index is 12.0. The lowest BCUT2D eigenvalue weighted by atomic mass is 10.0. The molecule has 2 unspecified atom stereocenters. The van der Waals surface area contributed by atoms with Gasteiger partial charge in [-0.05, 0) is 31.0 Å². The standard InChI is InChI=1S/C17H21NO3/c1-13-16(9-11-21-13)17(20)18-12-15-7-5-14(6-8-15)4-2-3-10-19/h5-8,13,16,19H,3,9-12H2,1H3,(H,18,20). The van der Waals surface area contributed by atoms with E-state index in [1.807, 2.05) is 31.2 Å². The first kappa shape index (κ1) is 15.6. The Kier molecular flexibility index (Phi) is 5.79. The smallest absolute Gasteiger partial charge is 0.226 e. The number of hydrogen-bond donors (Lipinski definition) is 2. The molecule has 4 heteroatoms. The number of carbonyl (C=O) groups is 1. The number of aliphatic hydroxyl groups is 1. The van der Waals surface area contributed by atoms with Gasteiger partial charge in [-0.15, -0.1) is 0 Å². The molecule has 1 amide bonds. The molecule has 1 saturated heterocycles. The summed E-state index contributed by atoms with van der Waals surface area (Å²) < 4.78 is 5.41. The van der Waals surface area contributed by atoms with Crippen molar-refractivity contribution in [3.8, 4) is 11.8 Å². The van der Waals surface area contributed by atoms with Crippen molar-refractivity contribution in [2.24, 2.45) is 5.92 Å². The highest BCUT2D eigenvalue weighted by atomic mass is 16.5. The summed E-state index contributed by atoms with van der Waals surface area (Å²) in [4.78, 5) is 12.0. The summed E-state index contributed by atoms with van der Waals surface area (Å²) in [6, 6.07) is 7.76. The molecule has 1 aromatic carbocycles. The van der Waals surface area contributed by atoms with Gasteiger partial charge in [0.05, 0.1) is 18.6 Å². The average molecular weight is 287 g/mol. The number of hydrogen-bond acceptors (Lipinski definition) is 3. The highest BCUT2D eigenvalue weighted by Crippen LogP contribution is 2.20. The molecule has 1 aromatic rings. The van der Waals surface area contributed by atoms with Crippen molar-refractivity contribution in [1.82, 2.24) is 5.32 Å². The SMILES string of the molecule is CC1OCCC1C(=O)NCc1ccc(C#CCCO)cc1. The van der Waals surface area contributed by atoms with E-state index in [9.17, 15) is 4.79 Å². The summed E-state index contributed by atoms with van der Waals surface area (Å²) in [5.74, 6) is 5.88. The Morgan fingerprint density at radius 1 is 1.43 bits per heavy atom. The average Bonchev–Trinajstić information content (AvgIpc) is 2.92. The maximum absolute atomic E-state index is 12.0. The first-order valence-corrected chi connectivity index (χ1v) is 7.28. The first-order valence-electron chi connectivity index (χ1n) is 7.28. The van der Waals surface area contributed by atoms with Gasteiger partial charge in [0, 0.05) is 25.1 Å². The third-order valence-corrected chi connectivity index (χ3v) is 3.60. The predicted octanol–water partition coefficient (Wildman–Crippen LogP) is 1.46. The summed E-state index contributed by atoms with van der Waals surface area (Å²) in [6.45, 7) is 3.21. The lowest BCUT2D eigenvalue weighted by Gasteiger charge is -2.14. The molecule has 1 heterocycles. The highest BCUT2D eigenvalue weighted by molar-refractivity contribution is 5.79. The van der Waals surface area contributed by atoms with Gasteiger partial charge in [0.1, 0.15) is 0 Å². The van der Waals surface area contributed by atoms with Crippen LogP contribution in [0.4, 0.5) is 0 Å². The molecule has 0 bridgehead atoms. The van der Waals surface area contributed by atoms with Crippen molar-refractivity contribution < 1.29 is 14.6 Å². The summed E-state index contributed by atoms with van der Waals surface area (Å²) in [7, 11) is 0. The molecule has 2 N–H and O–H groups in total. The number of aliphatic hydroxyl groups excluding tert-OH is 1. The molecule has 0 spiro atoms. The van der Waals surface area contributed by atoms with E-state index in [0.717, 1.165) is 17.5 Å². The van der Waals surface area contributed by atoms with Gasteiger partial charge in [-0.3, -0.25) is 4.79 Å². The summed E-state index contributed by atoms with van der Waals surface area (Å²) >= 11 is 0. The van der Waals surface area contributed by atoms with E-state index in [1.165, 1.54) is 0 Å². The molecule has 1 aliphatic rings. The van der Waals surface area contributed by atoms with Crippen LogP contribution >= 0.6 is 0 Å². The third-order valence-electron chi connectivity index (χ3n) is 3.60. The third kappa shape index (κ3) is 4.59. The van der Waals surface area contributed by atoms with Gasteiger partial charge in [0.25, 0.3) is 0 Å². The second-order valence-corrected chi connectivity index (χ2v) is 5.16. The predicted molar refractivity (Wildman–Crippen MR) is 80.4 cm³/mol. The molecular formula is C17H21NO3. The van der Waals surface area contributed by atoms with Gasteiger partial charge in [-0.25, -0.2) is 0 Å². The molecule has 0 aromatic heterocycles. The van der Waals surface area contributed by atoms with E-state index in [0.29, 0.717) is 19.6 Å². The Labute approximate surface area is 125 Å². The van der Waals surface area contributed by atoms with Crippen LogP contribution < -0.4 is 5.32 Å². The Hall–Kier alpha value is -1.83. The van der Waals surface area contributed by atoms with Crippen LogP contribution in [0.25, 0.3) is 0 Å². The van der Waals surface area contributed by atoms with Crippen molar-refractivity contribution in [1.29, 1.82) is 0 Å². The van der Waals surface area contributed by atoms with Crippen molar-refractivity contribution in [3.05, 3.63) is 35.4 Å². The lowest BCUT2D eigenvalue weighted by molar-refractivity contribution is -0.126. The number of amides is 1. The second kappa shape index (κ2) is 7.82. The topological polar surface area (TPSA) is 58.6 Å². The number of rotatable bonds is 4. The van der Waals surface area contributed by atoms with E-state index in [-0.39, 0.29) is 24.5 Å². The van der Waals surface area contributed by atoms with Crippen LogP contribution in [0, 0.1) is 17.8 Å². The van der Waals surface area contributed by atoms with E-state index in [1.54, 1.807) is 0 Å². The minimum atomic E-state index is -0.0337. The second-order valence-electron chi connectivity index (χ2n) is 5.16. The van der Waals surface area contributed by atoms with Crippen LogP contribution in [0.1, 0.15) is 30.9 Å². The number of benzene rings is 1. The van der Waals surface area contributed by atoms with Gasteiger partial charge in [-0.2, -0.15) is 0 Å². The van der Waals surface area contributed by atoms with E-state index in [2.05, 4.69) is 17.2 Å². The lowest BCUT2D eigenvalue weighted by Crippen LogP contribution is -2.33. The van der Waals surface area contributed by atoms with Gasteiger partial charge in [-0.1, -0.05) is 24.0 Å². The molecule has 0 saturated carbocycles. The van der Waals surface area contributed by atoms with Gasteiger partial charge in [0.15, 0.2) is 0 Å². The molecule has 21 heavy (non-hydrogen) atoms. The minimum absolute atomic E-state index is 0.00850. The Morgan fingerprint density at radius 2 is 2.19 bits per heavy atom. The zero-order chi connectivity index (χ0) is 15.1. The van der Waals surface area contributed by atoms with Crippen LogP contribution in [0.3, 0.4) is 0 Å². The summed E-state index contributed by atoms with van der Waals surface area (Å²) in [6.07, 6.45) is 1.29. The molecular weight excluding hydrogens is 266 g/mol. The molecule has 1 aliphatic heterocycles. The fourth-order valence-electron chi connectivity index (χ4n) is 2.32. The van der Waals surface area contributed by atoms with Gasteiger partial charge < -0.3 is 15.2 Å². The number of carbonyl (C=O) groups excluding carboxylic acids is 1. The normalized spacial score (nSPS) is 20.7. The van der Waals surface area contributed by atoms with Gasteiger partial charge in [0.2, 0.25) is 5.91 Å². The number of nitrogens with one attached hydrogen (secondary N) is 1. The van der Waals surface area contributed by atoms with Crippen LogP contribution in [0.15, 0.2) is 24.3 Å². The number of ether oxygens (including phenoxy) is 1. The minimum Gasteiger partial charge on any atom is -0.395 e. The van der Waals surface area contributed by atoms with Crippen molar-refractivity contribution in [3.63, 3.8) is 0 Å². The molecule has 1 fully saturated rings. The van der Waals surface area contributed by atoms with Crippen LogP contribution in [0.5, 0.6) is 0 Å². The fourth-order valence-corrected chi connectivity index (χ4v) is 2.32. The summed E-state index contributed by atoms with van der Waals surface area (Å²) in [5, 5.41) is 11.6. The van der Waals surface area contributed by atoms with Gasteiger partial charge >= 0.3 is 0 Å². The van der Waals surface area contributed by atoms with Crippen LogP contribution in [-0.2, 0) is 16.1 Å². The molecule has 0 radical (unpaired) electrons. The molecule has 0 aliphatic carbocycles. The largest absolute Gasteiger partial charge is 0.395 e.